The maximum absolute atomic E-state index is 14.3. The first kappa shape index (κ1) is 30.9. The number of aliphatic hydroxyl groups excluding tert-OH is 1. The molecule has 0 spiro atoms. The Bertz CT molecular complexity index is 1580. The van der Waals surface area contributed by atoms with Gasteiger partial charge in [0.05, 0.1) is 6.61 Å². The van der Waals surface area contributed by atoms with Gasteiger partial charge in [-0.2, -0.15) is 0 Å². The van der Waals surface area contributed by atoms with E-state index in [4.69, 9.17) is 19.6 Å². The van der Waals surface area contributed by atoms with Crippen LogP contribution in [0.2, 0.25) is 0 Å². The van der Waals surface area contributed by atoms with E-state index < -0.39 is 11.6 Å². The molecule has 1 aliphatic heterocycles. The summed E-state index contributed by atoms with van der Waals surface area (Å²) >= 11 is 7.20. The Morgan fingerprint density at radius 2 is 1.74 bits per heavy atom. The second-order valence-corrected chi connectivity index (χ2v) is 12.2. The van der Waals surface area contributed by atoms with Gasteiger partial charge in [0.15, 0.2) is 11.6 Å². The van der Waals surface area contributed by atoms with Crippen molar-refractivity contribution in [3.63, 3.8) is 0 Å². The molecule has 0 aromatic heterocycles. The minimum Gasteiger partial charge on any atom is -0.494 e. The van der Waals surface area contributed by atoms with Crippen LogP contribution in [0.25, 0.3) is 0 Å². The summed E-state index contributed by atoms with van der Waals surface area (Å²) in [6, 6.07) is 31.2. The van der Waals surface area contributed by atoms with Gasteiger partial charge in [0, 0.05) is 46.1 Å². The summed E-state index contributed by atoms with van der Waals surface area (Å²) in [7, 11) is 0. The molecule has 3 N–H and O–H groups in total. The van der Waals surface area contributed by atoms with Crippen molar-refractivity contribution in [3.05, 3.63) is 134 Å². The summed E-state index contributed by atoms with van der Waals surface area (Å²) in [6.45, 7) is 2.99. The molecular formula is C34H33Br2N3O4. The summed E-state index contributed by atoms with van der Waals surface area (Å²) in [6.07, 6.45) is 0.135. The molecule has 1 heterocycles. The number of benzene rings is 4. The van der Waals surface area contributed by atoms with Crippen LogP contribution in [0.5, 0.6) is 5.75 Å². The molecule has 0 radical (unpaired) electrons. The van der Waals surface area contributed by atoms with Gasteiger partial charge in [-0.05, 0) is 60.5 Å². The number of hydrazine groups is 1. The van der Waals surface area contributed by atoms with E-state index in [0.29, 0.717) is 37.6 Å². The summed E-state index contributed by atoms with van der Waals surface area (Å²) < 4.78 is 14.1. The number of halogens is 2. The number of ether oxygens (including phenoxy) is 2. The standard InChI is InChI=1S/C34H33Br2N3O4/c1-23-6-4-7-25(20-23)22-37-39-33(41)34(21-24-10-14-27(35)15-11-24)31(29-8-2-3-9-30(29)36)43-32(38-34)26-12-16-28(17-13-26)42-19-5-18-40/h2-4,6-17,20,31,37,40H,5,18-19,21-22H2,1H3,(H,39,41)/t31-,34-/m0/s1. The molecule has 0 saturated heterocycles. The number of aryl methyl sites for hydroxylation is 1. The van der Waals surface area contributed by atoms with Crippen LogP contribution in [0.15, 0.2) is 111 Å². The summed E-state index contributed by atoms with van der Waals surface area (Å²) in [5.41, 5.74) is 9.43. The number of nitrogens with one attached hydrogen (secondary N) is 2. The highest BCUT2D eigenvalue weighted by Crippen LogP contribution is 2.44. The van der Waals surface area contributed by atoms with Gasteiger partial charge in [0.25, 0.3) is 5.91 Å². The molecular weight excluding hydrogens is 674 g/mol. The van der Waals surface area contributed by atoms with Crippen molar-refractivity contribution in [2.45, 2.75) is 38.0 Å². The van der Waals surface area contributed by atoms with Crippen molar-refractivity contribution < 1.29 is 19.4 Å². The summed E-state index contributed by atoms with van der Waals surface area (Å²) in [5.74, 6) is 0.744. The van der Waals surface area contributed by atoms with Gasteiger partial charge in [0.2, 0.25) is 5.90 Å². The quantitative estimate of drug-likeness (QED) is 0.114. The smallest absolute Gasteiger partial charge is 0.266 e. The number of rotatable bonds is 12. The second-order valence-electron chi connectivity index (χ2n) is 10.4. The van der Waals surface area contributed by atoms with E-state index in [-0.39, 0.29) is 12.5 Å². The minimum absolute atomic E-state index is 0.0710. The van der Waals surface area contributed by atoms with Crippen molar-refractivity contribution in [2.24, 2.45) is 4.99 Å². The lowest BCUT2D eigenvalue weighted by molar-refractivity contribution is -0.130. The fourth-order valence-electron chi connectivity index (χ4n) is 5.02. The Balaban J connectivity index is 1.52. The molecule has 0 fully saturated rings. The molecule has 9 heteroatoms. The van der Waals surface area contributed by atoms with Gasteiger partial charge in [-0.15, -0.1) is 0 Å². The zero-order chi connectivity index (χ0) is 30.2. The molecule has 4 aromatic rings. The van der Waals surface area contributed by atoms with Crippen LogP contribution in [0.4, 0.5) is 0 Å². The molecule has 0 bridgehead atoms. The lowest BCUT2D eigenvalue weighted by Crippen LogP contribution is -2.53. The molecule has 1 aliphatic rings. The van der Waals surface area contributed by atoms with Crippen molar-refractivity contribution in [1.82, 2.24) is 10.9 Å². The van der Waals surface area contributed by atoms with E-state index in [0.717, 1.165) is 36.8 Å². The van der Waals surface area contributed by atoms with Crippen molar-refractivity contribution in [2.75, 3.05) is 13.2 Å². The highest BCUT2D eigenvalue weighted by atomic mass is 79.9. The molecule has 222 valence electrons. The monoisotopic (exact) mass is 705 g/mol. The maximum atomic E-state index is 14.3. The minimum atomic E-state index is -1.33. The van der Waals surface area contributed by atoms with Crippen LogP contribution in [0.3, 0.4) is 0 Å². The number of nitrogens with zero attached hydrogens (tertiary/aromatic N) is 1. The normalized spacial score (nSPS) is 17.7. The molecule has 5 rings (SSSR count). The number of aliphatic imine (C=N–C) groups is 1. The zero-order valence-electron chi connectivity index (χ0n) is 23.7. The number of aliphatic hydroxyl groups is 1. The fourth-order valence-corrected chi connectivity index (χ4v) is 5.77. The van der Waals surface area contributed by atoms with Gasteiger partial charge >= 0.3 is 0 Å². The average molecular weight is 707 g/mol. The summed E-state index contributed by atoms with van der Waals surface area (Å²) in [4.78, 5) is 19.4. The van der Waals surface area contributed by atoms with Crippen molar-refractivity contribution in [3.8, 4) is 5.75 Å². The first-order valence-corrected chi connectivity index (χ1v) is 15.6. The average Bonchev–Trinajstić information content (AvgIpc) is 3.39. The largest absolute Gasteiger partial charge is 0.494 e. The van der Waals surface area contributed by atoms with Gasteiger partial charge in [-0.3, -0.25) is 10.2 Å². The van der Waals surface area contributed by atoms with E-state index in [2.05, 4.69) is 48.8 Å². The third-order valence-electron chi connectivity index (χ3n) is 7.18. The van der Waals surface area contributed by atoms with Crippen LogP contribution in [-0.2, 0) is 22.5 Å². The highest BCUT2D eigenvalue weighted by Gasteiger charge is 2.53. The molecule has 2 atom stereocenters. The van der Waals surface area contributed by atoms with E-state index in [1.807, 2.05) is 97.9 Å². The topological polar surface area (TPSA) is 92.2 Å². The number of amides is 1. The van der Waals surface area contributed by atoms with Crippen molar-refractivity contribution in [1.29, 1.82) is 0 Å². The lowest BCUT2D eigenvalue weighted by atomic mass is 9.82. The molecule has 0 saturated carbocycles. The Morgan fingerprint density at radius 1 is 0.977 bits per heavy atom. The summed E-state index contributed by atoms with van der Waals surface area (Å²) in [5, 5.41) is 9.05. The Kier molecular flexibility index (Phi) is 10.3. The molecule has 0 unspecified atom stereocenters. The highest BCUT2D eigenvalue weighted by molar-refractivity contribution is 9.10. The van der Waals surface area contributed by atoms with E-state index in [1.165, 1.54) is 0 Å². The van der Waals surface area contributed by atoms with Gasteiger partial charge in [-0.1, -0.05) is 92.0 Å². The molecule has 4 aromatic carbocycles. The van der Waals surface area contributed by atoms with Gasteiger partial charge in [0.1, 0.15) is 5.75 Å². The van der Waals surface area contributed by atoms with Crippen LogP contribution < -0.4 is 15.6 Å². The predicted octanol–water partition coefficient (Wildman–Crippen LogP) is 6.60. The van der Waals surface area contributed by atoms with Gasteiger partial charge in [-0.25, -0.2) is 10.4 Å². The SMILES string of the molecule is Cc1cccc(CNNC(=O)[C@@]2(Cc3ccc(Br)cc3)N=C(c3ccc(OCCCO)cc3)O[C@H]2c2ccccc2Br)c1. The second kappa shape index (κ2) is 14.3. The molecule has 7 nitrogen and oxygen atoms in total. The van der Waals surface area contributed by atoms with Crippen LogP contribution >= 0.6 is 31.9 Å². The lowest BCUT2D eigenvalue weighted by Gasteiger charge is -2.31. The Hall–Kier alpha value is -3.50. The van der Waals surface area contributed by atoms with Crippen LogP contribution in [0, 0.1) is 6.92 Å². The first-order valence-electron chi connectivity index (χ1n) is 14.1. The molecule has 1 amide bonds. The first-order chi connectivity index (χ1) is 20.9. The maximum Gasteiger partial charge on any atom is 0.266 e. The van der Waals surface area contributed by atoms with E-state index in [9.17, 15) is 4.79 Å². The number of carbonyl (C=O) groups is 1. The Morgan fingerprint density at radius 3 is 2.47 bits per heavy atom. The third-order valence-corrected chi connectivity index (χ3v) is 8.43. The molecule has 43 heavy (non-hydrogen) atoms. The van der Waals surface area contributed by atoms with E-state index in [1.54, 1.807) is 0 Å². The molecule has 0 aliphatic carbocycles. The van der Waals surface area contributed by atoms with E-state index >= 15 is 0 Å². The third kappa shape index (κ3) is 7.54. The zero-order valence-corrected chi connectivity index (χ0v) is 26.9. The number of carbonyl (C=O) groups excluding carboxylic acids is 1. The Labute approximate surface area is 268 Å². The predicted molar refractivity (Wildman–Crippen MR) is 175 cm³/mol. The van der Waals surface area contributed by atoms with Gasteiger partial charge < -0.3 is 14.6 Å². The van der Waals surface area contributed by atoms with Crippen LogP contribution in [-0.4, -0.2) is 35.7 Å². The van der Waals surface area contributed by atoms with Crippen molar-refractivity contribution >= 4 is 43.7 Å². The van der Waals surface area contributed by atoms with Crippen LogP contribution in [0.1, 0.15) is 40.3 Å². The fraction of sp³-hybridized carbons (Fsp3) is 0.235. The number of hydrogen-bond acceptors (Lipinski definition) is 6. The number of hydrogen-bond donors (Lipinski definition) is 3.